The molecule has 0 radical (unpaired) electrons. The molecule has 1 aromatic rings. The van der Waals surface area contributed by atoms with E-state index in [2.05, 4.69) is 23.9 Å². The fraction of sp³-hybridized carbons (Fsp3) is 0.824. The molecule has 0 amide bonds. The highest BCUT2D eigenvalue weighted by molar-refractivity contribution is 5.86. The van der Waals surface area contributed by atoms with Gasteiger partial charge in [-0.3, -0.25) is 4.79 Å². The molecule has 4 aliphatic rings. The molecule has 0 atom stereocenters. The van der Waals surface area contributed by atoms with Crippen molar-refractivity contribution in [3.05, 3.63) is 12.2 Å². The first-order valence-electron chi connectivity index (χ1n) is 8.47. The van der Waals surface area contributed by atoms with Gasteiger partial charge in [-0.25, -0.2) is 9.67 Å². The van der Waals surface area contributed by atoms with Crippen molar-refractivity contribution in [2.24, 2.45) is 23.2 Å². The van der Waals surface area contributed by atoms with Crippen LogP contribution in [0, 0.1) is 23.2 Å². The van der Waals surface area contributed by atoms with Gasteiger partial charge in [0.15, 0.2) is 0 Å². The molecule has 1 heterocycles. The van der Waals surface area contributed by atoms with Gasteiger partial charge in [-0.1, -0.05) is 0 Å². The molecule has 0 spiro atoms. The van der Waals surface area contributed by atoms with Crippen molar-refractivity contribution < 1.29 is 4.79 Å². The van der Waals surface area contributed by atoms with E-state index in [0.29, 0.717) is 12.2 Å². The Bertz CT molecular complexity index is 525. The van der Waals surface area contributed by atoms with Crippen LogP contribution in [0.15, 0.2) is 6.33 Å². The zero-order valence-corrected chi connectivity index (χ0v) is 13.1. The Hall–Kier alpha value is -1.19. The van der Waals surface area contributed by atoms with Crippen LogP contribution in [0.1, 0.15) is 64.2 Å². The fourth-order valence-corrected chi connectivity index (χ4v) is 5.62. The van der Waals surface area contributed by atoms with Crippen LogP contribution in [0.25, 0.3) is 0 Å². The van der Waals surface area contributed by atoms with E-state index in [-0.39, 0.29) is 11.5 Å². The van der Waals surface area contributed by atoms with Gasteiger partial charge >= 0.3 is 0 Å². The number of rotatable bonds is 4. The molecular formula is C17H25N3O. The monoisotopic (exact) mass is 287 g/mol. The molecule has 114 valence electrons. The summed E-state index contributed by atoms with van der Waals surface area (Å²) in [4.78, 5) is 17.4. The lowest BCUT2D eigenvalue weighted by atomic mass is 9.48. The van der Waals surface area contributed by atoms with Crippen LogP contribution in [-0.2, 0) is 11.2 Å². The maximum atomic E-state index is 13.1. The average molecular weight is 287 g/mol. The molecule has 1 aromatic heterocycles. The van der Waals surface area contributed by atoms with E-state index in [0.717, 1.165) is 42.8 Å². The second-order valence-corrected chi connectivity index (χ2v) is 8.01. The molecule has 0 aromatic carbocycles. The zero-order chi connectivity index (χ0) is 14.6. The van der Waals surface area contributed by atoms with Crippen molar-refractivity contribution in [1.29, 1.82) is 0 Å². The third-order valence-corrected chi connectivity index (χ3v) is 6.08. The smallest absolute Gasteiger partial charge is 0.146 e. The molecule has 4 nitrogen and oxygen atoms in total. The molecular weight excluding hydrogens is 262 g/mol. The van der Waals surface area contributed by atoms with Crippen LogP contribution in [0.3, 0.4) is 0 Å². The number of Topliss-reactive ketones (excluding diaryl/α,β-unsaturated/α-hetero) is 1. The van der Waals surface area contributed by atoms with Gasteiger partial charge in [0.2, 0.25) is 0 Å². The molecule has 4 bridgehead atoms. The van der Waals surface area contributed by atoms with E-state index in [1.165, 1.54) is 19.3 Å². The number of aromatic nitrogens is 3. The largest absolute Gasteiger partial charge is 0.299 e. The topological polar surface area (TPSA) is 47.8 Å². The predicted octanol–water partition coefficient (Wildman–Crippen LogP) is 3.19. The van der Waals surface area contributed by atoms with E-state index >= 15 is 0 Å². The highest BCUT2D eigenvalue weighted by atomic mass is 16.1. The third kappa shape index (κ3) is 2.14. The van der Waals surface area contributed by atoms with Gasteiger partial charge < -0.3 is 0 Å². The number of nitrogens with zero attached hydrogens (tertiary/aromatic N) is 3. The van der Waals surface area contributed by atoms with Crippen molar-refractivity contribution in [2.75, 3.05) is 0 Å². The maximum absolute atomic E-state index is 13.1. The van der Waals surface area contributed by atoms with E-state index in [1.54, 1.807) is 6.33 Å². The normalized spacial score (nSPS) is 37.4. The van der Waals surface area contributed by atoms with Crippen LogP contribution >= 0.6 is 0 Å². The second kappa shape index (κ2) is 4.65. The van der Waals surface area contributed by atoms with Gasteiger partial charge in [0.05, 0.1) is 6.42 Å². The Morgan fingerprint density at radius 1 is 1.24 bits per heavy atom. The van der Waals surface area contributed by atoms with E-state index in [9.17, 15) is 4.79 Å². The quantitative estimate of drug-likeness (QED) is 0.854. The predicted molar refractivity (Wildman–Crippen MR) is 79.7 cm³/mol. The molecule has 21 heavy (non-hydrogen) atoms. The van der Waals surface area contributed by atoms with Crippen molar-refractivity contribution in [1.82, 2.24) is 14.8 Å². The van der Waals surface area contributed by atoms with Gasteiger partial charge in [-0.15, -0.1) is 0 Å². The highest BCUT2D eigenvalue weighted by Crippen LogP contribution is 2.60. The van der Waals surface area contributed by atoms with Crippen LogP contribution in [0.2, 0.25) is 0 Å². The van der Waals surface area contributed by atoms with E-state index < -0.39 is 0 Å². The lowest BCUT2D eigenvalue weighted by Gasteiger charge is -2.56. The minimum Gasteiger partial charge on any atom is -0.299 e. The average Bonchev–Trinajstić information content (AvgIpc) is 2.85. The number of ketones is 1. The summed E-state index contributed by atoms with van der Waals surface area (Å²) in [5.41, 5.74) is -0.0114. The Morgan fingerprint density at radius 2 is 1.81 bits per heavy atom. The molecule has 4 heteroatoms. The summed E-state index contributed by atoms with van der Waals surface area (Å²) < 4.78 is 1.90. The molecule has 0 saturated heterocycles. The van der Waals surface area contributed by atoms with Crippen molar-refractivity contribution in [2.45, 2.75) is 64.8 Å². The van der Waals surface area contributed by atoms with Gasteiger partial charge in [0, 0.05) is 11.5 Å². The summed E-state index contributed by atoms with van der Waals surface area (Å²) in [6.45, 7) is 4.18. The number of carbonyl (C=O) groups is 1. The van der Waals surface area contributed by atoms with Crippen molar-refractivity contribution in [3.8, 4) is 0 Å². The Labute approximate surface area is 126 Å². The lowest BCUT2D eigenvalue weighted by molar-refractivity contribution is -0.143. The molecule has 4 saturated carbocycles. The summed E-state index contributed by atoms with van der Waals surface area (Å²) in [6, 6.07) is 0.270. The Balaban J connectivity index is 1.56. The lowest BCUT2D eigenvalue weighted by Crippen LogP contribution is -2.50. The maximum Gasteiger partial charge on any atom is 0.146 e. The number of carbonyl (C=O) groups excluding carboxylic acids is 1. The van der Waals surface area contributed by atoms with Gasteiger partial charge in [-0.05, 0) is 70.1 Å². The Kier molecular flexibility index (Phi) is 2.98. The minimum absolute atomic E-state index is 0.0114. The van der Waals surface area contributed by atoms with Crippen LogP contribution in [-0.4, -0.2) is 20.5 Å². The molecule has 4 aliphatic carbocycles. The summed E-state index contributed by atoms with van der Waals surface area (Å²) in [5, 5.41) is 4.27. The van der Waals surface area contributed by atoms with Crippen LogP contribution in [0.4, 0.5) is 0 Å². The summed E-state index contributed by atoms with van der Waals surface area (Å²) in [7, 11) is 0. The first kappa shape index (κ1) is 13.5. The van der Waals surface area contributed by atoms with Crippen LogP contribution < -0.4 is 0 Å². The van der Waals surface area contributed by atoms with E-state index in [4.69, 9.17) is 0 Å². The molecule has 0 unspecified atom stereocenters. The number of hydrogen-bond acceptors (Lipinski definition) is 3. The SMILES string of the molecule is CC(C)n1ncnc1CC(=O)C12CC3CC(CC(C3)C1)C2. The molecule has 5 rings (SSSR count). The Morgan fingerprint density at radius 3 is 2.33 bits per heavy atom. The standard InChI is InChI=1S/C17H25N3O/c1-11(2)20-16(18-10-19-20)6-15(21)17-7-12-3-13(8-17)5-14(4-12)9-17/h10-14H,3-9H2,1-2H3. The van der Waals surface area contributed by atoms with Crippen molar-refractivity contribution >= 4 is 5.78 Å². The zero-order valence-electron chi connectivity index (χ0n) is 13.1. The van der Waals surface area contributed by atoms with Crippen molar-refractivity contribution in [3.63, 3.8) is 0 Å². The third-order valence-electron chi connectivity index (χ3n) is 6.08. The van der Waals surface area contributed by atoms with E-state index in [1.807, 2.05) is 4.68 Å². The molecule has 4 fully saturated rings. The summed E-state index contributed by atoms with van der Waals surface area (Å²) >= 11 is 0. The first-order chi connectivity index (χ1) is 10.1. The molecule has 0 aliphatic heterocycles. The minimum atomic E-state index is -0.0114. The van der Waals surface area contributed by atoms with Gasteiger partial charge in [-0.2, -0.15) is 5.10 Å². The highest BCUT2D eigenvalue weighted by Gasteiger charge is 2.54. The number of hydrogen-bond donors (Lipinski definition) is 0. The second-order valence-electron chi connectivity index (χ2n) is 8.01. The summed E-state index contributed by atoms with van der Waals surface area (Å²) in [5.74, 6) is 3.76. The van der Waals surface area contributed by atoms with Crippen LogP contribution in [0.5, 0.6) is 0 Å². The summed E-state index contributed by atoms with van der Waals surface area (Å²) in [6.07, 6.45) is 9.65. The molecule has 0 N–H and O–H groups in total. The van der Waals surface area contributed by atoms with Gasteiger partial charge in [0.1, 0.15) is 17.9 Å². The van der Waals surface area contributed by atoms with Gasteiger partial charge in [0.25, 0.3) is 0 Å². The first-order valence-corrected chi connectivity index (χ1v) is 8.47. The fourth-order valence-electron chi connectivity index (χ4n) is 5.62.